The number of likely N-dealkylation sites (N-methyl/N-ethyl adjacent to an activating group) is 1. The Kier molecular flexibility index (Phi) is 5.50. The minimum absolute atomic E-state index is 0.262. The Morgan fingerprint density at radius 3 is 2.55 bits per heavy atom. The number of ketones is 1. The first-order valence-electron chi connectivity index (χ1n) is 3.73. The Balaban J connectivity index is 3.43. The molecule has 11 heavy (non-hydrogen) atoms. The summed E-state index contributed by atoms with van der Waals surface area (Å²) in [4.78, 5) is 12.9. The van der Waals surface area contributed by atoms with Gasteiger partial charge >= 0.3 is 0 Å². The van der Waals surface area contributed by atoms with E-state index in [-0.39, 0.29) is 5.78 Å². The molecule has 0 aromatic rings. The Labute approximate surface area is 68.6 Å². The van der Waals surface area contributed by atoms with Crippen molar-refractivity contribution in [1.29, 1.82) is 0 Å². The van der Waals surface area contributed by atoms with E-state index in [4.69, 9.17) is 0 Å². The van der Waals surface area contributed by atoms with E-state index in [1.165, 1.54) is 0 Å². The summed E-state index contributed by atoms with van der Waals surface area (Å²) in [6.45, 7) is 2.32. The quantitative estimate of drug-likeness (QED) is 0.560. The SMILES string of the molecule is CC#CCCC(=O)CN(C)C. The highest BCUT2D eigenvalue weighted by Crippen LogP contribution is 1.90. The molecule has 0 aromatic heterocycles. The fourth-order valence-electron chi connectivity index (χ4n) is 0.759. The molecule has 0 aliphatic rings. The van der Waals surface area contributed by atoms with Crippen LogP contribution in [-0.2, 0) is 4.79 Å². The molecule has 0 atom stereocenters. The van der Waals surface area contributed by atoms with Gasteiger partial charge < -0.3 is 4.90 Å². The maximum Gasteiger partial charge on any atom is 0.147 e. The molecule has 0 aliphatic carbocycles. The molecule has 0 amide bonds. The van der Waals surface area contributed by atoms with Crippen LogP contribution < -0.4 is 0 Å². The molecule has 62 valence electrons. The minimum Gasteiger partial charge on any atom is -0.302 e. The van der Waals surface area contributed by atoms with Crippen LogP contribution in [0.15, 0.2) is 0 Å². The van der Waals surface area contributed by atoms with Crippen LogP contribution >= 0.6 is 0 Å². The van der Waals surface area contributed by atoms with E-state index in [0.717, 1.165) is 0 Å². The number of carbonyl (C=O) groups excluding carboxylic acids is 1. The summed E-state index contributed by atoms with van der Waals surface area (Å²) in [6, 6.07) is 0. The average molecular weight is 153 g/mol. The van der Waals surface area contributed by atoms with Gasteiger partial charge in [0.25, 0.3) is 0 Å². The normalized spacial score (nSPS) is 9.09. The fourth-order valence-corrected chi connectivity index (χ4v) is 0.759. The lowest BCUT2D eigenvalue weighted by Crippen LogP contribution is -2.21. The van der Waals surface area contributed by atoms with Crippen molar-refractivity contribution < 1.29 is 4.79 Å². The van der Waals surface area contributed by atoms with Gasteiger partial charge in [0.2, 0.25) is 0 Å². The average Bonchev–Trinajstić information content (AvgIpc) is 1.86. The Morgan fingerprint density at radius 2 is 2.09 bits per heavy atom. The van der Waals surface area contributed by atoms with Crippen LogP contribution in [0.25, 0.3) is 0 Å². The van der Waals surface area contributed by atoms with Gasteiger partial charge in [-0.1, -0.05) is 0 Å². The fraction of sp³-hybridized carbons (Fsp3) is 0.667. The van der Waals surface area contributed by atoms with E-state index >= 15 is 0 Å². The molecule has 0 radical (unpaired) electrons. The Bertz CT molecular complexity index is 174. The lowest BCUT2D eigenvalue weighted by molar-refractivity contribution is -0.119. The molecule has 0 rings (SSSR count). The van der Waals surface area contributed by atoms with Gasteiger partial charge in [-0.2, -0.15) is 0 Å². The summed E-state index contributed by atoms with van der Waals surface area (Å²) in [5, 5.41) is 0. The third kappa shape index (κ3) is 7.08. The zero-order valence-corrected chi connectivity index (χ0v) is 7.48. The van der Waals surface area contributed by atoms with Gasteiger partial charge in [0, 0.05) is 12.8 Å². The molecule has 0 saturated heterocycles. The molecule has 0 aromatic carbocycles. The largest absolute Gasteiger partial charge is 0.302 e. The molecule has 0 heterocycles. The van der Waals surface area contributed by atoms with Gasteiger partial charge in [0.1, 0.15) is 5.78 Å². The van der Waals surface area contributed by atoms with Gasteiger partial charge in [-0.25, -0.2) is 0 Å². The number of Topliss-reactive ketones (excluding diaryl/α,β-unsaturated/α-hetero) is 1. The summed E-state index contributed by atoms with van der Waals surface area (Å²) in [5.41, 5.74) is 0. The van der Waals surface area contributed by atoms with Crippen molar-refractivity contribution in [2.24, 2.45) is 0 Å². The second kappa shape index (κ2) is 5.94. The molecule has 2 heteroatoms. The highest BCUT2D eigenvalue weighted by molar-refractivity contribution is 5.80. The molecule has 0 spiro atoms. The molecule has 0 unspecified atom stereocenters. The Hall–Kier alpha value is -0.810. The minimum atomic E-state index is 0.262. The van der Waals surface area contributed by atoms with Crippen molar-refractivity contribution >= 4 is 5.78 Å². The summed E-state index contributed by atoms with van der Waals surface area (Å²) in [5.74, 6) is 5.89. The van der Waals surface area contributed by atoms with Gasteiger partial charge in [0.05, 0.1) is 6.54 Å². The first-order valence-corrected chi connectivity index (χ1v) is 3.73. The lowest BCUT2D eigenvalue weighted by atomic mass is 10.2. The van der Waals surface area contributed by atoms with Crippen LogP contribution in [0.1, 0.15) is 19.8 Å². The van der Waals surface area contributed by atoms with Gasteiger partial charge in [0.15, 0.2) is 0 Å². The molecular weight excluding hydrogens is 138 g/mol. The van der Waals surface area contributed by atoms with Gasteiger partial charge in [-0.3, -0.25) is 4.79 Å². The van der Waals surface area contributed by atoms with Crippen LogP contribution in [0.4, 0.5) is 0 Å². The molecule has 0 bridgehead atoms. The van der Waals surface area contributed by atoms with E-state index in [1.807, 2.05) is 19.0 Å². The van der Waals surface area contributed by atoms with Crippen molar-refractivity contribution in [1.82, 2.24) is 4.90 Å². The summed E-state index contributed by atoms with van der Waals surface area (Å²) < 4.78 is 0. The second-order valence-corrected chi connectivity index (χ2v) is 2.70. The van der Waals surface area contributed by atoms with Crippen molar-refractivity contribution in [3.8, 4) is 11.8 Å². The number of nitrogens with zero attached hydrogens (tertiary/aromatic N) is 1. The zero-order valence-electron chi connectivity index (χ0n) is 7.48. The van der Waals surface area contributed by atoms with E-state index in [2.05, 4.69) is 11.8 Å². The van der Waals surface area contributed by atoms with Crippen LogP contribution in [0.5, 0.6) is 0 Å². The number of carbonyl (C=O) groups is 1. The Morgan fingerprint density at radius 1 is 1.45 bits per heavy atom. The zero-order chi connectivity index (χ0) is 8.69. The summed E-state index contributed by atoms with van der Waals surface area (Å²) >= 11 is 0. The van der Waals surface area contributed by atoms with Gasteiger partial charge in [-0.15, -0.1) is 11.8 Å². The molecule has 0 N–H and O–H groups in total. The third-order valence-corrected chi connectivity index (χ3v) is 1.20. The summed E-state index contributed by atoms with van der Waals surface area (Å²) in [7, 11) is 3.78. The number of hydrogen-bond acceptors (Lipinski definition) is 2. The molecule has 0 aliphatic heterocycles. The molecule has 2 nitrogen and oxygen atoms in total. The van der Waals surface area contributed by atoms with Crippen molar-refractivity contribution in [2.45, 2.75) is 19.8 Å². The number of hydrogen-bond donors (Lipinski definition) is 0. The van der Waals surface area contributed by atoms with Crippen LogP contribution in [0.2, 0.25) is 0 Å². The van der Waals surface area contributed by atoms with E-state index in [9.17, 15) is 4.79 Å². The van der Waals surface area contributed by atoms with E-state index in [0.29, 0.717) is 19.4 Å². The van der Waals surface area contributed by atoms with E-state index in [1.54, 1.807) is 6.92 Å². The molecule has 0 saturated carbocycles. The number of rotatable bonds is 4. The first-order chi connectivity index (χ1) is 5.16. The maximum absolute atomic E-state index is 11.0. The smallest absolute Gasteiger partial charge is 0.147 e. The topological polar surface area (TPSA) is 20.3 Å². The maximum atomic E-state index is 11.0. The van der Waals surface area contributed by atoms with Crippen molar-refractivity contribution in [3.63, 3.8) is 0 Å². The van der Waals surface area contributed by atoms with Crippen molar-refractivity contribution in [3.05, 3.63) is 0 Å². The highest BCUT2D eigenvalue weighted by atomic mass is 16.1. The second-order valence-electron chi connectivity index (χ2n) is 2.70. The van der Waals surface area contributed by atoms with Crippen LogP contribution in [0, 0.1) is 11.8 Å². The lowest BCUT2D eigenvalue weighted by Gasteiger charge is -2.06. The van der Waals surface area contributed by atoms with Gasteiger partial charge in [-0.05, 0) is 21.0 Å². The standard InChI is InChI=1S/C9H15NO/c1-4-5-6-7-9(11)8-10(2)3/h6-8H2,1-3H3. The first kappa shape index (κ1) is 10.2. The highest BCUT2D eigenvalue weighted by Gasteiger charge is 2.00. The predicted octanol–water partition coefficient (Wildman–Crippen LogP) is 0.921. The van der Waals surface area contributed by atoms with Crippen molar-refractivity contribution in [2.75, 3.05) is 20.6 Å². The third-order valence-electron chi connectivity index (χ3n) is 1.20. The monoisotopic (exact) mass is 153 g/mol. The van der Waals surface area contributed by atoms with Crippen LogP contribution in [0.3, 0.4) is 0 Å². The molecule has 0 fully saturated rings. The van der Waals surface area contributed by atoms with Crippen LogP contribution in [-0.4, -0.2) is 31.3 Å². The predicted molar refractivity (Wildman–Crippen MR) is 46.2 cm³/mol. The van der Waals surface area contributed by atoms with E-state index < -0.39 is 0 Å². The molecular formula is C9H15NO. The summed E-state index contributed by atoms with van der Waals surface area (Å²) in [6.07, 6.45) is 1.28.